The van der Waals surface area contributed by atoms with Crippen molar-refractivity contribution in [2.45, 2.75) is 0 Å². The minimum absolute atomic E-state index is 0.0511. The van der Waals surface area contributed by atoms with Crippen LogP contribution in [0.15, 0.2) is 6.07 Å². The third-order valence-corrected chi connectivity index (χ3v) is 2.48. The van der Waals surface area contributed by atoms with Crippen molar-refractivity contribution in [2.75, 3.05) is 24.0 Å². The molecule has 1 rings (SSSR count). The number of nitro benzene ring substituents is 1. The fraction of sp³-hybridized carbons (Fsp3) is 0.222. The lowest BCUT2D eigenvalue weighted by Crippen LogP contribution is -2.14. The minimum Gasteiger partial charge on any atom is -0.461 e. The molecule has 0 fully saturated rings. The second-order valence-corrected chi connectivity index (χ2v) is 3.95. The smallest absolute Gasteiger partial charge is 0.347 e. The van der Waals surface area contributed by atoms with E-state index in [1.165, 1.54) is 0 Å². The molecule has 0 unspecified atom stereocenters. The molecule has 0 aliphatic heterocycles. The molecule has 0 aliphatic carbocycles. The summed E-state index contributed by atoms with van der Waals surface area (Å²) >= 11 is 11.1. The van der Waals surface area contributed by atoms with Crippen LogP contribution < -0.4 is 11.5 Å². The summed E-state index contributed by atoms with van der Waals surface area (Å²) in [7, 11) is 0. The van der Waals surface area contributed by atoms with Crippen molar-refractivity contribution in [3.8, 4) is 0 Å². The Morgan fingerprint density at radius 2 is 2.11 bits per heavy atom. The zero-order valence-electron chi connectivity index (χ0n) is 8.98. The summed E-state index contributed by atoms with van der Waals surface area (Å²) in [6.45, 7) is -0.108. The third kappa shape index (κ3) is 2.74. The fourth-order valence-corrected chi connectivity index (χ4v) is 1.57. The number of nitrogens with zero attached hydrogens (tertiary/aromatic N) is 1. The monoisotopic (exact) mass is 293 g/mol. The van der Waals surface area contributed by atoms with Crippen LogP contribution in [0.4, 0.5) is 17.1 Å². The Morgan fingerprint density at radius 3 is 2.61 bits per heavy atom. The average molecular weight is 294 g/mol. The summed E-state index contributed by atoms with van der Waals surface area (Å²) in [4.78, 5) is 21.7. The van der Waals surface area contributed by atoms with Crippen molar-refractivity contribution >= 4 is 46.2 Å². The molecule has 7 nitrogen and oxygen atoms in total. The molecule has 0 aliphatic rings. The second kappa shape index (κ2) is 5.74. The Balaban J connectivity index is 3.39. The molecule has 0 saturated carbocycles. The number of halogens is 2. The summed E-state index contributed by atoms with van der Waals surface area (Å²) in [5.41, 5.74) is 9.37. The number of benzene rings is 1. The van der Waals surface area contributed by atoms with Crippen molar-refractivity contribution in [1.82, 2.24) is 0 Å². The Hall–Kier alpha value is -1.73. The van der Waals surface area contributed by atoms with Gasteiger partial charge in [0, 0.05) is 0 Å². The first kappa shape index (κ1) is 14.3. The van der Waals surface area contributed by atoms with Gasteiger partial charge in [0.1, 0.15) is 12.3 Å². The number of ether oxygens (including phenoxy) is 1. The molecular weight excluding hydrogens is 285 g/mol. The molecule has 4 N–H and O–H groups in total. The van der Waals surface area contributed by atoms with Crippen LogP contribution in [0.2, 0.25) is 5.02 Å². The Bertz CT molecular complexity index is 507. The van der Waals surface area contributed by atoms with E-state index in [1.54, 1.807) is 0 Å². The number of anilines is 2. The number of carbonyl (C=O) groups is 1. The molecule has 0 amide bonds. The maximum atomic E-state index is 11.7. The number of alkyl halides is 1. The van der Waals surface area contributed by atoms with Crippen LogP contribution in [0.25, 0.3) is 0 Å². The van der Waals surface area contributed by atoms with Crippen LogP contribution in [0, 0.1) is 10.1 Å². The zero-order valence-corrected chi connectivity index (χ0v) is 10.5. The van der Waals surface area contributed by atoms with Gasteiger partial charge in [-0.1, -0.05) is 11.6 Å². The predicted octanol–water partition coefficient (Wildman–Crippen LogP) is 1.81. The van der Waals surface area contributed by atoms with E-state index >= 15 is 0 Å². The quantitative estimate of drug-likeness (QED) is 0.287. The van der Waals surface area contributed by atoms with E-state index in [4.69, 9.17) is 34.7 Å². The van der Waals surface area contributed by atoms with Crippen molar-refractivity contribution in [2.24, 2.45) is 0 Å². The molecule has 98 valence electrons. The van der Waals surface area contributed by atoms with E-state index in [-0.39, 0.29) is 28.9 Å². The van der Waals surface area contributed by atoms with Crippen molar-refractivity contribution < 1.29 is 14.5 Å². The van der Waals surface area contributed by atoms with E-state index in [0.29, 0.717) is 0 Å². The van der Waals surface area contributed by atoms with Gasteiger partial charge in [0.05, 0.1) is 21.5 Å². The molecular formula is C9H9Cl2N3O4. The average Bonchev–Trinajstić information content (AvgIpc) is 2.29. The van der Waals surface area contributed by atoms with E-state index in [1.807, 2.05) is 0 Å². The van der Waals surface area contributed by atoms with Crippen LogP contribution in [-0.4, -0.2) is 23.4 Å². The molecule has 0 aromatic heterocycles. The molecule has 1 aromatic carbocycles. The highest BCUT2D eigenvalue weighted by Crippen LogP contribution is 2.36. The van der Waals surface area contributed by atoms with Gasteiger partial charge in [-0.15, -0.1) is 11.6 Å². The lowest BCUT2D eigenvalue weighted by Gasteiger charge is -2.09. The molecule has 0 radical (unpaired) electrons. The molecule has 0 atom stereocenters. The van der Waals surface area contributed by atoms with Gasteiger partial charge in [0.2, 0.25) is 0 Å². The molecule has 0 heterocycles. The number of nitrogens with two attached hydrogens (primary N) is 2. The van der Waals surface area contributed by atoms with E-state index in [0.717, 1.165) is 6.07 Å². The van der Waals surface area contributed by atoms with Crippen LogP contribution in [0.5, 0.6) is 0 Å². The lowest BCUT2D eigenvalue weighted by molar-refractivity contribution is -0.384. The van der Waals surface area contributed by atoms with Gasteiger partial charge in [-0.25, -0.2) is 4.79 Å². The van der Waals surface area contributed by atoms with Gasteiger partial charge >= 0.3 is 11.7 Å². The number of hydrogen-bond acceptors (Lipinski definition) is 6. The predicted molar refractivity (Wildman–Crippen MR) is 67.9 cm³/mol. The second-order valence-electron chi connectivity index (χ2n) is 3.17. The number of hydrogen-bond donors (Lipinski definition) is 2. The molecule has 0 bridgehead atoms. The van der Waals surface area contributed by atoms with Crippen LogP contribution in [-0.2, 0) is 4.74 Å². The summed E-state index contributed by atoms with van der Waals surface area (Å²) in [5.74, 6) is -0.941. The normalized spacial score (nSPS) is 10.1. The summed E-state index contributed by atoms with van der Waals surface area (Å²) in [6, 6.07) is 1.10. The van der Waals surface area contributed by atoms with Crippen molar-refractivity contribution in [1.29, 1.82) is 0 Å². The maximum absolute atomic E-state index is 11.7. The Kier molecular flexibility index (Phi) is 4.57. The number of nitro groups is 1. The molecule has 1 aromatic rings. The SMILES string of the molecule is Nc1cc(Cl)c(N)c(C(=O)OCCCl)c1[N+](=O)[O-]. The Labute approximate surface area is 112 Å². The molecule has 0 spiro atoms. The van der Waals surface area contributed by atoms with E-state index in [9.17, 15) is 14.9 Å². The largest absolute Gasteiger partial charge is 0.461 e. The maximum Gasteiger partial charge on any atom is 0.347 e. The summed E-state index contributed by atoms with van der Waals surface area (Å²) in [6.07, 6.45) is 0. The fourth-order valence-electron chi connectivity index (χ4n) is 1.28. The number of nitrogen functional groups attached to an aromatic ring is 2. The van der Waals surface area contributed by atoms with Gasteiger partial charge in [-0.05, 0) is 6.07 Å². The van der Waals surface area contributed by atoms with E-state index < -0.39 is 22.1 Å². The molecule has 18 heavy (non-hydrogen) atoms. The van der Waals surface area contributed by atoms with Gasteiger partial charge < -0.3 is 16.2 Å². The van der Waals surface area contributed by atoms with Gasteiger partial charge in [0.15, 0.2) is 5.56 Å². The molecule has 9 heteroatoms. The van der Waals surface area contributed by atoms with Crippen molar-refractivity contribution in [3.05, 3.63) is 26.8 Å². The third-order valence-electron chi connectivity index (χ3n) is 2.02. The Morgan fingerprint density at radius 1 is 1.50 bits per heavy atom. The number of carbonyl (C=O) groups excluding carboxylic acids is 1. The van der Waals surface area contributed by atoms with Crippen LogP contribution >= 0.6 is 23.2 Å². The standard InChI is InChI=1S/C9H9Cl2N3O4/c10-1-2-18-9(15)6-7(13)4(11)3-5(12)8(6)14(16)17/h3H,1-2,12-13H2. The summed E-state index contributed by atoms with van der Waals surface area (Å²) < 4.78 is 4.69. The summed E-state index contributed by atoms with van der Waals surface area (Å²) in [5, 5.41) is 10.8. The first-order valence-corrected chi connectivity index (χ1v) is 5.56. The topological polar surface area (TPSA) is 121 Å². The zero-order chi connectivity index (χ0) is 13.9. The highest BCUT2D eigenvalue weighted by molar-refractivity contribution is 6.34. The van der Waals surface area contributed by atoms with Gasteiger partial charge in [-0.2, -0.15) is 0 Å². The first-order valence-electron chi connectivity index (χ1n) is 4.65. The highest BCUT2D eigenvalue weighted by atomic mass is 35.5. The number of rotatable bonds is 4. The minimum atomic E-state index is -0.992. The van der Waals surface area contributed by atoms with Gasteiger partial charge in [-0.3, -0.25) is 10.1 Å². The van der Waals surface area contributed by atoms with E-state index in [2.05, 4.69) is 4.74 Å². The van der Waals surface area contributed by atoms with Crippen molar-refractivity contribution in [3.63, 3.8) is 0 Å². The van der Waals surface area contributed by atoms with Crippen LogP contribution in [0.3, 0.4) is 0 Å². The number of esters is 1. The molecule has 0 saturated heterocycles. The van der Waals surface area contributed by atoms with Gasteiger partial charge in [0.25, 0.3) is 0 Å². The highest BCUT2D eigenvalue weighted by Gasteiger charge is 2.29. The lowest BCUT2D eigenvalue weighted by atomic mass is 10.1. The van der Waals surface area contributed by atoms with Crippen LogP contribution in [0.1, 0.15) is 10.4 Å². The first-order chi connectivity index (χ1) is 8.40.